The summed E-state index contributed by atoms with van der Waals surface area (Å²) in [7, 11) is 1.67. The van der Waals surface area contributed by atoms with E-state index in [1.165, 1.54) is 11.1 Å². The van der Waals surface area contributed by atoms with Gasteiger partial charge in [0.2, 0.25) is 0 Å². The quantitative estimate of drug-likeness (QED) is 0.793. The standard InChI is InChI=1S/C15H23NO3/c1-5-11-8-12(6-7-13(11)19-4)15(2,3)10-16-9-14(17)18/h6-8,16H,5,9-10H2,1-4H3,(H,17,18). The first kappa shape index (κ1) is 15.5. The van der Waals surface area contributed by atoms with E-state index in [9.17, 15) is 4.79 Å². The fourth-order valence-electron chi connectivity index (χ4n) is 2.06. The third-order valence-electron chi connectivity index (χ3n) is 3.29. The van der Waals surface area contributed by atoms with Gasteiger partial charge in [-0.2, -0.15) is 0 Å². The van der Waals surface area contributed by atoms with Crippen LogP contribution in [0, 0.1) is 0 Å². The van der Waals surface area contributed by atoms with Crippen LogP contribution in [-0.2, 0) is 16.6 Å². The Morgan fingerprint density at radius 1 is 1.42 bits per heavy atom. The maximum absolute atomic E-state index is 10.5. The number of carboxylic acid groups (broad SMARTS) is 1. The van der Waals surface area contributed by atoms with Gasteiger partial charge in [-0.05, 0) is 23.6 Å². The Labute approximate surface area is 114 Å². The summed E-state index contributed by atoms with van der Waals surface area (Å²) in [4.78, 5) is 10.5. The molecule has 106 valence electrons. The highest BCUT2D eigenvalue weighted by Crippen LogP contribution is 2.28. The van der Waals surface area contributed by atoms with Crippen molar-refractivity contribution < 1.29 is 14.6 Å². The molecule has 0 aliphatic rings. The Bertz CT molecular complexity index is 441. The lowest BCUT2D eigenvalue weighted by molar-refractivity contribution is -0.136. The van der Waals surface area contributed by atoms with E-state index in [0.717, 1.165) is 12.2 Å². The maximum Gasteiger partial charge on any atom is 0.317 e. The molecular weight excluding hydrogens is 242 g/mol. The van der Waals surface area contributed by atoms with Crippen LogP contribution in [0.25, 0.3) is 0 Å². The molecule has 1 rings (SSSR count). The van der Waals surface area contributed by atoms with Crippen molar-refractivity contribution in [1.29, 1.82) is 0 Å². The number of ether oxygens (including phenoxy) is 1. The van der Waals surface area contributed by atoms with Gasteiger partial charge in [-0.3, -0.25) is 4.79 Å². The van der Waals surface area contributed by atoms with Crippen molar-refractivity contribution in [2.24, 2.45) is 0 Å². The molecule has 0 aliphatic carbocycles. The predicted octanol–water partition coefficient (Wildman–Crippen LogP) is 2.21. The number of carbonyl (C=O) groups is 1. The van der Waals surface area contributed by atoms with Crippen LogP contribution < -0.4 is 10.1 Å². The third kappa shape index (κ3) is 4.24. The van der Waals surface area contributed by atoms with Gasteiger partial charge in [0, 0.05) is 12.0 Å². The van der Waals surface area contributed by atoms with Crippen molar-refractivity contribution in [3.05, 3.63) is 29.3 Å². The first-order valence-corrected chi connectivity index (χ1v) is 6.50. The Morgan fingerprint density at radius 2 is 2.11 bits per heavy atom. The van der Waals surface area contributed by atoms with E-state index in [4.69, 9.17) is 9.84 Å². The number of benzene rings is 1. The molecule has 0 amide bonds. The Hall–Kier alpha value is -1.55. The number of rotatable bonds is 7. The molecule has 0 bridgehead atoms. The zero-order chi connectivity index (χ0) is 14.5. The summed E-state index contributed by atoms with van der Waals surface area (Å²) in [6.45, 7) is 6.90. The SMILES string of the molecule is CCc1cc(C(C)(C)CNCC(=O)O)ccc1OC. The Morgan fingerprint density at radius 3 is 2.63 bits per heavy atom. The zero-order valence-corrected chi connectivity index (χ0v) is 12.1. The average Bonchev–Trinajstić information content (AvgIpc) is 2.37. The van der Waals surface area contributed by atoms with Crippen molar-refractivity contribution in [1.82, 2.24) is 5.32 Å². The molecule has 1 aromatic carbocycles. The van der Waals surface area contributed by atoms with Crippen LogP contribution in [0.2, 0.25) is 0 Å². The lowest BCUT2D eigenvalue weighted by Crippen LogP contribution is -2.35. The predicted molar refractivity (Wildman–Crippen MR) is 75.9 cm³/mol. The van der Waals surface area contributed by atoms with Crippen LogP contribution in [0.5, 0.6) is 5.75 Å². The van der Waals surface area contributed by atoms with Gasteiger partial charge >= 0.3 is 5.97 Å². The Kier molecular flexibility index (Phi) is 5.36. The average molecular weight is 265 g/mol. The van der Waals surface area contributed by atoms with Gasteiger partial charge < -0.3 is 15.2 Å². The first-order valence-electron chi connectivity index (χ1n) is 6.50. The summed E-state index contributed by atoms with van der Waals surface area (Å²) in [5.41, 5.74) is 2.24. The van der Waals surface area contributed by atoms with E-state index in [-0.39, 0.29) is 12.0 Å². The lowest BCUT2D eigenvalue weighted by atomic mass is 9.83. The molecule has 0 spiro atoms. The third-order valence-corrected chi connectivity index (χ3v) is 3.29. The molecule has 2 N–H and O–H groups in total. The molecule has 19 heavy (non-hydrogen) atoms. The van der Waals surface area contributed by atoms with E-state index in [1.807, 2.05) is 12.1 Å². The van der Waals surface area contributed by atoms with Crippen molar-refractivity contribution >= 4 is 5.97 Å². The molecular formula is C15H23NO3. The number of hydrogen-bond donors (Lipinski definition) is 2. The van der Waals surface area contributed by atoms with Crippen LogP contribution in [0.1, 0.15) is 31.9 Å². The second-order valence-electron chi connectivity index (χ2n) is 5.26. The molecule has 4 heteroatoms. The molecule has 4 nitrogen and oxygen atoms in total. The molecule has 0 saturated carbocycles. The highest BCUT2D eigenvalue weighted by atomic mass is 16.5. The van der Waals surface area contributed by atoms with E-state index < -0.39 is 5.97 Å². The van der Waals surface area contributed by atoms with Crippen LogP contribution in [0.15, 0.2) is 18.2 Å². The molecule has 0 saturated heterocycles. The molecule has 0 aromatic heterocycles. The number of aryl methyl sites for hydroxylation is 1. The van der Waals surface area contributed by atoms with Gasteiger partial charge in [-0.25, -0.2) is 0 Å². The largest absolute Gasteiger partial charge is 0.496 e. The van der Waals surface area contributed by atoms with Crippen molar-refractivity contribution in [3.8, 4) is 5.75 Å². The molecule has 1 aromatic rings. The smallest absolute Gasteiger partial charge is 0.317 e. The van der Waals surface area contributed by atoms with Gasteiger partial charge in [-0.15, -0.1) is 0 Å². The van der Waals surface area contributed by atoms with E-state index in [2.05, 4.69) is 32.2 Å². The van der Waals surface area contributed by atoms with Gasteiger partial charge in [0.05, 0.1) is 13.7 Å². The van der Waals surface area contributed by atoms with Gasteiger partial charge in [0.1, 0.15) is 5.75 Å². The summed E-state index contributed by atoms with van der Waals surface area (Å²) in [6.07, 6.45) is 0.912. The fourth-order valence-corrected chi connectivity index (χ4v) is 2.06. The summed E-state index contributed by atoms with van der Waals surface area (Å²) in [5.74, 6) is 0.0697. The molecule has 0 fully saturated rings. The summed E-state index contributed by atoms with van der Waals surface area (Å²) >= 11 is 0. The number of methoxy groups -OCH3 is 1. The number of aliphatic carboxylic acids is 1. The van der Waals surface area contributed by atoms with Gasteiger partial charge in [-0.1, -0.05) is 32.9 Å². The maximum atomic E-state index is 10.5. The topological polar surface area (TPSA) is 58.6 Å². The van der Waals surface area contributed by atoms with Crippen molar-refractivity contribution in [2.45, 2.75) is 32.6 Å². The molecule has 0 radical (unpaired) electrons. The zero-order valence-electron chi connectivity index (χ0n) is 12.1. The molecule has 0 aliphatic heterocycles. The first-order chi connectivity index (χ1) is 8.90. The normalized spacial score (nSPS) is 11.4. The minimum atomic E-state index is -0.834. The van der Waals surface area contributed by atoms with Crippen LogP contribution >= 0.6 is 0 Å². The van der Waals surface area contributed by atoms with E-state index >= 15 is 0 Å². The molecule has 0 atom stereocenters. The minimum Gasteiger partial charge on any atom is -0.496 e. The van der Waals surface area contributed by atoms with Crippen LogP contribution in [0.4, 0.5) is 0 Å². The van der Waals surface area contributed by atoms with E-state index in [1.54, 1.807) is 7.11 Å². The van der Waals surface area contributed by atoms with Crippen molar-refractivity contribution in [3.63, 3.8) is 0 Å². The van der Waals surface area contributed by atoms with Crippen LogP contribution in [0.3, 0.4) is 0 Å². The molecule has 0 heterocycles. The van der Waals surface area contributed by atoms with Crippen LogP contribution in [-0.4, -0.2) is 31.3 Å². The summed E-state index contributed by atoms with van der Waals surface area (Å²) in [6, 6.07) is 6.16. The minimum absolute atomic E-state index is 0.0137. The second kappa shape index (κ2) is 6.57. The summed E-state index contributed by atoms with van der Waals surface area (Å²) < 4.78 is 5.32. The summed E-state index contributed by atoms with van der Waals surface area (Å²) in [5, 5.41) is 11.6. The monoisotopic (exact) mass is 265 g/mol. The van der Waals surface area contributed by atoms with E-state index in [0.29, 0.717) is 6.54 Å². The number of hydrogen-bond acceptors (Lipinski definition) is 3. The number of nitrogens with one attached hydrogen (secondary N) is 1. The highest BCUT2D eigenvalue weighted by Gasteiger charge is 2.21. The molecule has 0 unspecified atom stereocenters. The lowest BCUT2D eigenvalue weighted by Gasteiger charge is -2.26. The van der Waals surface area contributed by atoms with Gasteiger partial charge in [0.15, 0.2) is 0 Å². The fraction of sp³-hybridized carbons (Fsp3) is 0.533. The highest BCUT2D eigenvalue weighted by molar-refractivity contribution is 5.69. The van der Waals surface area contributed by atoms with Crippen molar-refractivity contribution in [2.75, 3.05) is 20.2 Å². The van der Waals surface area contributed by atoms with Gasteiger partial charge in [0.25, 0.3) is 0 Å². The second-order valence-corrected chi connectivity index (χ2v) is 5.26. The number of carboxylic acids is 1. The Balaban J connectivity index is 2.85.